The lowest BCUT2D eigenvalue weighted by molar-refractivity contribution is -0.307. The molecule has 9 unspecified atom stereocenters. The van der Waals surface area contributed by atoms with Gasteiger partial charge in [0.1, 0.15) is 24.4 Å². The number of ether oxygens (including phenoxy) is 4. The number of esters is 1. The van der Waals surface area contributed by atoms with Crippen LogP contribution in [0.5, 0.6) is 0 Å². The summed E-state index contributed by atoms with van der Waals surface area (Å²) in [5.74, 6) is -0.453. The average Bonchev–Trinajstić information content (AvgIpc) is 2.95. The highest BCUT2D eigenvalue weighted by Crippen LogP contribution is 2.24. The van der Waals surface area contributed by atoms with Crippen molar-refractivity contribution in [3.05, 3.63) is 72.9 Å². The lowest BCUT2D eigenvalue weighted by Crippen LogP contribution is -2.59. The van der Waals surface area contributed by atoms with E-state index in [1.165, 1.54) is 6.08 Å². The molecule has 2 heterocycles. The van der Waals surface area contributed by atoms with Crippen molar-refractivity contribution in [3.8, 4) is 0 Å². The highest BCUT2D eigenvalue weighted by Gasteiger charge is 2.44. The van der Waals surface area contributed by atoms with Gasteiger partial charge in [-0.15, -0.1) is 0 Å². The third-order valence-electron chi connectivity index (χ3n) is 6.69. The third-order valence-corrected chi connectivity index (χ3v) is 6.69. The summed E-state index contributed by atoms with van der Waals surface area (Å²) in [6.07, 6.45) is 16.1. The Labute approximate surface area is 242 Å². The van der Waals surface area contributed by atoms with Crippen LogP contribution in [0, 0.1) is 0 Å². The van der Waals surface area contributed by atoms with Crippen molar-refractivity contribution in [1.82, 2.24) is 0 Å². The molecule has 0 aliphatic carbocycles. The highest BCUT2D eigenvalue weighted by atomic mass is 16.7. The van der Waals surface area contributed by atoms with E-state index in [1.807, 2.05) is 37.3 Å². The van der Waals surface area contributed by atoms with Crippen LogP contribution in [0.4, 0.5) is 0 Å². The molecule has 0 aromatic heterocycles. The summed E-state index contributed by atoms with van der Waals surface area (Å²) in [6.45, 7) is 1.29. The minimum Gasteiger partial charge on any atom is -0.460 e. The van der Waals surface area contributed by atoms with Crippen molar-refractivity contribution in [2.45, 2.75) is 101 Å². The van der Waals surface area contributed by atoms with Crippen molar-refractivity contribution in [2.24, 2.45) is 0 Å². The summed E-state index contributed by atoms with van der Waals surface area (Å²) in [6, 6.07) is 0. The number of hydrogen-bond donors (Lipinski definition) is 5. The van der Waals surface area contributed by atoms with Gasteiger partial charge < -0.3 is 44.5 Å². The molecule has 0 aromatic carbocycles. The van der Waals surface area contributed by atoms with E-state index in [-0.39, 0.29) is 12.2 Å². The Bertz CT molecular complexity index is 922. The second kappa shape index (κ2) is 19.7. The molecule has 0 saturated carbocycles. The van der Waals surface area contributed by atoms with Crippen LogP contribution in [0.2, 0.25) is 0 Å². The van der Waals surface area contributed by atoms with Crippen LogP contribution < -0.4 is 0 Å². The smallest absolute Gasteiger partial charge is 0.331 e. The molecule has 41 heavy (non-hydrogen) atoms. The van der Waals surface area contributed by atoms with E-state index in [2.05, 4.69) is 0 Å². The summed E-state index contributed by atoms with van der Waals surface area (Å²) < 4.78 is 22.3. The van der Waals surface area contributed by atoms with Gasteiger partial charge in [0.25, 0.3) is 0 Å². The van der Waals surface area contributed by atoms with E-state index in [4.69, 9.17) is 18.9 Å². The number of rotatable bonds is 4. The molecule has 0 radical (unpaired) electrons. The van der Waals surface area contributed by atoms with Gasteiger partial charge in [-0.3, -0.25) is 0 Å². The number of aliphatic hydroxyl groups excluding tert-OH is 5. The third kappa shape index (κ3) is 13.4. The predicted molar refractivity (Wildman–Crippen MR) is 154 cm³/mol. The molecule has 0 spiro atoms. The van der Waals surface area contributed by atoms with E-state index < -0.39 is 55.5 Å². The van der Waals surface area contributed by atoms with Crippen molar-refractivity contribution in [1.29, 1.82) is 0 Å². The molecule has 0 bridgehead atoms. The summed E-state index contributed by atoms with van der Waals surface area (Å²) in [5, 5.41) is 50.2. The number of cyclic esters (lactones) is 1. The monoisotopic (exact) mass is 578 g/mol. The zero-order chi connectivity index (χ0) is 30.0. The van der Waals surface area contributed by atoms with E-state index in [1.54, 1.807) is 43.6 Å². The Morgan fingerprint density at radius 3 is 2.12 bits per heavy atom. The van der Waals surface area contributed by atoms with Crippen LogP contribution in [0.25, 0.3) is 0 Å². The number of allylic oxidation sites excluding steroid dienone is 6. The second-order valence-corrected chi connectivity index (χ2v) is 10.1. The molecule has 5 N–H and O–H groups in total. The normalized spacial score (nSPS) is 35.2. The van der Waals surface area contributed by atoms with Gasteiger partial charge in [0.15, 0.2) is 6.29 Å². The summed E-state index contributed by atoms with van der Waals surface area (Å²) in [7, 11) is 1.66. The summed E-state index contributed by atoms with van der Waals surface area (Å²) in [4.78, 5) is 12.2. The topological polar surface area (TPSA) is 155 Å². The van der Waals surface area contributed by atoms with E-state index in [9.17, 15) is 30.3 Å². The SMILES string of the molecule is COC1C=CC=CCC(O)CC=CC=CC(OC2OC(CO)C(O)C(O)C2O)CC=CC=CC(=O)OC(C)CCC1. The number of hydrogen-bond acceptors (Lipinski definition) is 10. The Hall–Kier alpha value is -2.41. The first-order chi connectivity index (χ1) is 19.7. The molecule has 0 amide bonds. The quantitative estimate of drug-likeness (QED) is 0.314. The molecule has 1 fully saturated rings. The van der Waals surface area contributed by atoms with Crippen LogP contribution in [0.1, 0.15) is 45.4 Å². The van der Waals surface area contributed by atoms with Gasteiger partial charge in [0.05, 0.1) is 31.0 Å². The van der Waals surface area contributed by atoms with Crippen LogP contribution in [-0.4, -0.2) is 100 Å². The van der Waals surface area contributed by atoms with Crippen molar-refractivity contribution < 1.29 is 49.3 Å². The fourth-order valence-corrected chi connectivity index (χ4v) is 4.25. The van der Waals surface area contributed by atoms with Crippen LogP contribution in [0.3, 0.4) is 0 Å². The molecular formula is C31H46O10. The predicted octanol–water partition coefficient (Wildman–Crippen LogP) is 2.17. The van der Waals surface area contributed by atoms with Crippen LogP contribution >= 0.6 is 0 Å². The molecule has 230 valence electrons. The van der Waals surface area contributed by atoms with E-state index in [0.717, 1.165) is 12.8 Å². The lowest BCUT2D eigenvalue weighted by atomic mass is 9.99. The molecular weight excluding hydrogens is 532 g/mol. The zero-order valence-corrected chi connectivity index (χ0v) is 23.9. The molecule has 9 atom stereocenters. The number of aliphatic hydroxyl groups is 5. The van der Waals surface area contributed by atoms with Crippen molar-refractivity contribution >= 4 is 5.97 Å². The van der Waals surface area contributed by atoms with Crippen LogP contribution in [0.15, 0.2) is 72.9 Å². The molecule has 1 saturated heterocycles. The Balaban J connectivity index is 2.12. The molecule has 2 aliphatic rings. The van der Waals surface area contributed by atoms with Gasteiger partial charge in [0, 0.05) is 13.2 Å². The lowest BCUT2D eigenvalue weighted by Gasteiger charge is -2.40. The molecule has 2 aliphatic heterocycles. The summed E-state index contributed by atoms with van der Waals surface area (Å²) in [5.41, 5.74) is 0. The minimum absolute atomic E-state index is 0.0497. The molecule has 10 nitrogen and oxygen atoms in total. The first kappa shape index (κ1) is 34.8. The van der Waals surface area contributed by atoms with Gasteiger partial charge in [-0.2, -0.15) is 0 Å². The number of methoxy groups -OCH3 is 1. The van der Waals surface area contributed by atoms with Crippen LogP contribution in [-0.2, 0) is 23.7 Å². The van der Waals surface area contributed by atoms with Gasteiger partial charge in [-0.1, -0.05) is 66.8 Å². The highest BCUT2D eigenvalue weighted by molar-refractivity contribution is 5.82. The average molecular weight is 579 g/mol. The van der Waals surface area contributed by atoms with E-state index in [0.29, 0.717) is 25.7 Å². The second-order valence-electron chi connectivity index (χ2n) is 10.1. The Morgan fingerprint density at radius 1 is 0.829 bits per heavy atom. The largest absolute Gasteiger partial charge is 0.460 e. The fourth-order valence-electron chi connectivity index (χ4n) is 4.25. The summed E-state index contributed by atoms with van der Waals surface area (Å²) >= 11 is 0. The molecule has 2 rings (SSSR count). The van der Waals surface area contributed by atoms with Gasteiger partial charge in [0.2, 0.25) is 0 Å². The van der Waals surface area contributed by atoms with Crippen molar-refractivity contribution in [2.75, 3.05) is 13.7 Å². The van der Waals surface area contributed by atoms with E-state index >= 15 is 0 Å². The maximum Gasteiger partial charge on any atom is 0.331 e. The van der Waals surface area contributed by atoms with Crippen molar-refractivity contribution in [3.63, 3.8) is 0 Å². The Morgan fingerprint density at radius 2 is 1.46 bits per heavy atom. The number of carbonyl (C=O) groups excluding carboxylic acids is 1. The standard InChI is InChI=1S/C31H46O10/c1-22-13-12-19-24(38-2)16-8-3-6-14-23(33)15-7-4-9-17-25(18-10-5-11-20-27(34)39-22)40-31-30(37)29(36)28(35)26(21-32)41-31/h3-11,16-17,20,22-26,28-33,35-37H,12-15,18-19,21H2,1-2H3. The maximum absolute atomic E-state index is 12.2. The van der Waals surface area contributed by atoms with Gasteiger partial charge >= 0.3 is 5.97 Å². The Kier molecular flexibility index (Phi) is 16.7. The zero-order valence-electron chi connectivity index (χ0n) is 23.9. The van der Waals surface area contributed by atoms with Gasteiger partial charge in [-0.25, -0.2) is 4.79 Å². The van der Waals surface area contributed by atoms with Gasteiger partial charge in [-0.05, 0) is 45.4 Å². The minimum atomic E-state index is -1.55. The number of carbonyl (C=O) groups is 1. The first-order valence-electron chi connectivity index (χ1n) is 14.1. The molecule has 10 heteroatoms. The fraction of sp³-hybridized carbons (Fsp3) is 0.581. The molecule has 0 aromatic rings. The first-order valence-corrected chi connectivity index (χ1v) is 14.1. The maximum atomic E-state index is 12.2.